The third-order valence-corrected chi connectivity index (χ3v) is 3.79. The van der Waals surface area contributed by atoms with E-state index in [9.17, 15) is 9.90 Å². The van der Waals surface area contributed by atoms with Crippen LogP contribution in [0.5, 0.6) is 17.2 Å². The van der Waals surface area contributed by atoms with Crippen molar-refractivity contribution in [1.82, 2.24) is 19.7 Å². The van der Waals surface area contributed by atoms with Crippen molar-refractivity contribution >= 4 is 11.9 Å². The van der Waals surface area contributed by atoms with Crippen molar-refractivity contribution in [3.63, 3.8) is 0 Å². The molecular formula is C19H15N5O5. The highest BCUT2D eigenvalue weighted by atomic mass is 16.6. The number of benzene rings is 1. The third kappa shape index (κ3) is 4.00. The summed E-state index contributed by atoms with van der Waals surface area (Å²) in [7, 11) is 1.40. The molecule has 0 spiro atoms. The van der Waals surface area contributed by atoms with Gasteiger partial charge in [0.25, 0.3) is 0 Å². The quantitative estimate of drug-likeness (QED) is 0.529. The number of anilines is 1. The fourth-order valence-corrected chi connectivity index (χ4v) is 2.49. The number of aromatic nitrogens is 4. The number of rotatable bonds is 5. The number of carbonyl (C=O) groups excluding carboxylic acids is 1. The Kier molecular flexibility index (Phi) is 4.81. The van der Waals surface area contributed by atoms with E-state index < -0.39 is 6.09 Å². The summed E-state index contributed by atoms with van der Waals surface area (Å²) in [5.41, 5.74) is 0. The molecule has 0 bridgehead atoms. The summed E-state index contributed by atoms with van der Waals surface area (Å²) < 4.78 is 17.1. The lowest BCUT2D eigenvalue weighted by atomic mass is 10.3. The van der Waals surface area contributed by atoms with Gasteiger partial charge < -0.3 is 19.0 Å². The molecule has 0 saturated heterocycles. The summed E-state index contributed by atoms with van der Waals surface area (Å²) in [6.07, 6.45) is 4.03. The largest absolute Gasteiger partial charge is 0.504 e. The van der Waals surface area contributed by atoms with Crippen molar-refractivity contribution in [1.29, 1.82) is 0 Å². The van der Waals surface area contributed by atoms with Gasteiger partial charge in [-0.05, 0) is 30.3 Å². The number of methoxy groups -OCH3 is 1. The Balaban J connectivity index is 1.60. The number of nitrogens with zero attached hydrogens (tertiary/aromatic N) is 4. The molecule has 2 N–H and O–H groups in total. The Hall–Kier alpha value is -4.34. The van der Waals surface area contributed by atoms with E-state index in [-0.39, 0.29) is 28.9 Å². The second-order valence-corrected chi connectivity index (χ2v) is 5.71. The molecule has 10 nitrogen and oxygen atoms in total. The summed E-state index contributed by atoms with van der Waals surface area (Å²) in [6, 6.07) is 10.9. The maximum Gasteiger partial charge on any atom is 0.418 e. The van der Waals surface area contributed by atoms with Gasteiger partial charge >= 0.3 is 6.09 Å². The van der Waals surface area contributed by atoms with Gasteiger partial charge in [0.2, 0.25) is 0 Å². The van der Waals surface area contributed by atoms with Crippen LogP contribution in [-0.2, 0) is 0 Å². The average Bonchev–Trinajstić information content (AvgIpc) is 3.43. The number of phenols is 1. The van der Waals surface area contributed by atoms with Crippen molar-refractivity contribution in [2.24, 2.45) is 0 Å². The number of phenolic OH excluding ortho intramolecular Hbond substituents is 1. The van der Waals surface area contributed by atoms with E-state index in [0.717, 1.165) is 0 Å². The highest BCUT2D eigenvalue weighted by Gasteiger charge is 2.14. The van der Waals surface area contributed by atoms with E-state index in [2.05, 4.69) is 20.4 Å². The highest BCUT2D eigenvalue weighted by molar-refractivity contribution is 5.85. The Labute approximate surface area is 164 Å². The zero-order valence-corrected chi connectivity index (χ0v) is 15.1. The molecule has 1 amide bonds. The molecule has 0 aliphatic rings. The van der Waals surface area contributed by atoms with Crippen LogP contribution >= 0.6 is 0 Å². The van der Waals surface area contributed by atoms with Gasteiger partial charge in [-0.25, -0.2) is 19.4 Å². The molecule has 0 aliphatic heterocycles. The third-order valence-electron chi connectivity index (χ3n) is 3.79. The first-order valence-electron chi connectivity index (χ1n) is 8.41. The van der Waals surface area contributed by atoms with Crippen LogP contribution in [-0.4, -0.2) is 38.1 Å². The highest BCUT2D eigenvalue weighted by Crippen LogP contribution is 2.30. The first kappa shape index (κ1) is 18.0. The Morgan fingerprint density at radius 3 is 2.83 bits per heavy atom. The van der Waals surface area contributed by atoms with Crippen LogP contribution in [0.25, 0.3) is 17.4 Å². The lowest BCUT2D eigenvalue weighted by Gasteiger charge is -2.10. The zero-order chi connectivity index (χ0) is 20.2. The molecule has 146 valence electrons. The molecule has 10 heteroatoms. The number of hydrogen-bond acceptors (Lipinski definition) is 8. The van der Waals surface area contributed by atoms with Gasteiger partial charge in [-0.2, -0.15) is 5.10 Å². The van der Waals surface area contributed by atoms with E-state index in [0.29, 0.717) is 11.6 Å². The fourth-order valence-electron chi connectivity index (χ4n) is 2.49. The second-order valence-electron chi connectivity index (χ2n) is 5.71. The number of hydrogen-bond donors (Lipinski definition) is 2. The number of nitrogens with one attached hydrogen (secondary N) is 1. The van der Waals surface area contributed by atoms with Crippen molar-refractivity contribution < 1.29 is 23.8 Å². The Bertz CT molecular complexity index is 1070. The van der Waals surface area contributed by atoms with Crippen LogP contribution in [0.4, 0.5) is 10.6 Å². The maximum atomic E-state index is 12.3. The molecule has 0 saturated carbocycles. The number of aromatic hydroxyl groups is 1. The van der Waals surface area contributed by atoms with Gasteiger partial charge in [0.15, 0.2) is 28.9 Å². The predicted molar refractivity (Wildman–Crippen MR) is 101 cm³/mol. The van der Waals surface area contributed by atoms with E-state index in [1.54, 1.807) is 30.6 Å². The monoisotopic (exact) mass is 393 g/mol. The summed E-state index contributed by atoms with van der Waals surface area (Å²) in [5, 5.41) is 16.3. The first-order chi connectivity index (χ1) is 14.1. The minimum atomic E-state index is -0.784. The van der Waals surface area contributed by atoms with Crippen molar-refractivity contribution in [2.45, 2.75) is 0 Å². The van der Waals surface area contributed by atoms with Crippen LogP contribution in [0.1, 0.15) is 0 Å². The molecular weight excluding hydrogens is 378 g/mol. The van der Waals surface area contributed by atoms with Crippen molar-refractivity contribution in [3.05, 3.63) is 61.1 Å². The van der Waals surface area contributed by atoms with E-state index in [1.807, 2.05) is 0 Å². The second kappa shape index (κ2) is 7.72. The summed E-state index contributed by atoms with van der Waals surface area (Å²) >= 11 is 0. The van der Waals surface area contributed by atoms with Gasteiger partial charge in [0.1, 0.15) is 11.6 Å². The van der Waals surface area contributed by atoms with Gasteiger partial charge in [-0.15, -0.1) is 0 Å². The number of furan rings is 1. The molecule has 29 heavy (non-hydrogen) atoms. The average molecular weight is 393 g/mol. The molecule has 0 unspecified atom stereocenters. The smallest absolute Gasteiger partial charge is 0.418 e. The van der Waals surface area contributed by atoms with Gasteiger partial charge in [-0.3, -0.25) is 5.32 Å². The topological polar surface area (TPSA) is 125 Å². The van der Waals surface area contributed by atoms with E-state index in [4.69, 9.17) is 13.9 Å². The van der Waals surface area contributed by atoms with Crippen LogP contribution in [0, 0.1) is 0 Å². The molecule has 0 fully saturated rings. The minimum absolute atomic E-state index is 0.0667. The van der Waals surface area contributed by atoms with Crippen LogP contribution in [0.3, 0.4) is 0 Å². The SMILES string of the molecule is COc1cc(OC(=O)Nc2cc(-n3cccn3)nc(-c3ccco3)n2)ccc1O. The normalized spacial score (nSPS) is 10.5. The molecule has 0 aliphatic carbocycles. The maximum absolute atomic E-state index is 12.3. The standard InChI is InChI=1S/C19H15N5O5/c1-27-15-10-12(5-6-13(15)25)29-19(26)22-16-11-17(24-8-3-7-20-24)23-18(21-16)14-4-2-9-28-14/h2-11,25H,1H3,(H,21,22,23,26). The Morgan fingerprint density at radius 2 is 2.10 bits per heavy atom. The molecule has 1 aromatic carbocycles. The molecule has 0 atom stereocenters. The summed E-state index contributed by atoms with van der Waals surface area (Å²) in [5.74, 6) is 1.61. The molecule has 3 heterocycles. The Morgan fingerprint density at radius 1 is 1.21 bits per heavy atom. The van der Waals surface area contributed by atoms with Crippen molar-refractivity contribution in [3.8, 4) is 34.7 Å². The molecule has 0 radical (unpaired) electrons. The zero-order valence-electron chi connectivity index (χ0n) is 15.1. The summed E-state index contributed by atoms with van der Waals surface area (Å²) in [4.78, 5) is 21.0. The van der Waals surface area contributed by atoms with Crippen LogP contribution in [0.2, 0.25) is 0 Å². The lowest BCUT2D eigenvalue weighted by Crippen LogP contribution is -2.18. The number of carbonyl (C=O) groups is 1. The minimum Gasteiger partial charge on any atom is -0.504 e. The lowest BCUT2D eigenvalue weighted by molar-refractivity contribution is 0.215. The first-order valence-corrected chi connectivity index (χ1v) is 8.41. The molecule has 4 rings (SSSR count). The number of amides is 1. The molecule has 3 aromatic heterocycles. The van der Waals surface area contributed by atoms with Crippen LogP contribution in [0.15, 0.2) is 65.5 Å². The molecule has 4 aromatic rings. The summed E-state index contributed by atoms with van der Waals surface area (Å²) in [6.45, 7) is 0. The van der Waals surface area contributed by atoms with Gasteiger partial charge in [0.05, 0.1) is 13.4 Å². The van der Waals surface area contributed by atoms with Gasteiger partial charge in [-0.1, -0.05) is 0 Å². The predicted octanol–water partition coefficient (Wildman–Crippen LogP) is 3.25. The fraction of sp³-hybridized carbons (Fsp3) is 0.0526. The van der Waals surface area contributed by atoms with E-state index >= 15 is 0 Å². The number of ether oxygens (including phenoxy) is 2. The van der Waals surface area contributed by atoms with E-state index in [1.165, 1.54) is 42.3 Å². The van der Waals surface area contributed by atoms with Crippen molar-refractivity contribution in [2.75, 3.05) is 12.4 Å². The van der Waals surface area contributed by atoms with Crippen LogP contribution < -0.4 is 14.8 Å². The van der Waals surface area contributed by atoms with Gasteiger partial charge in [0, 0.05) is 24.5 Å².